The second-order valence-corrected chi connectivity index (χ2v) is 2.24. The minimum atomic E-state index is 0.604. The molecule has 0 saturated heterocycles. The predicted molar refractivity (Wildman–Crippen MR) is 30.8 cm³/mol. The molecule has 0 atom stereocenters. The van der Waals surface area contributed by atoms with Crippen molar-refractivity contribution < 1.29 is 4.73 Å². The van der Waals surface area contributed by atoms with Crippen LogP contribution in [0.1, 0.15) is 0 Å². The number of pyridine rings is 1. The van der Waals surface area contributed by atoms with Crippen molar-refractivity contribution in [2.24, 2.45) is 0 Å². The van der Waals surface area contributed by atoms with Crippen LogP contribution in [0, 0.1) is 5.21 Å². The van der Waals surface area contributed by atoms with Crippen molar-refractivity contribution in [2.45, 2.75) is 0 Å². The SMILES string of the molecule is [O-][n+]1ccccc1[Se]. The minimum absolute atomic E-state index is 0.604. The Kier molecular flexibility index (Phi) is 1.51. The van der Waals surface area contributed by atoms with Gasteiger partial charge in [-0.25, -0.2) is 0 Å². The Morgan fingerprint density at radius 2 is 2.25 bits per heavy atom. The van der Waals surface area contributed by atoms with E-state index in [9.17, 15) is 5.21 Å². The topological polar surface area (TPSA) is 26.9 Å². The van der Waals surface area contributed by atoms with Crippen LogP contribution in [0.3, 0.4) is 0 Å². The Labute approximate surface area is 55.5 Å². The summed E-state index contributed by atoms with van der Waals surface area (Å²) >= 11 is 2.62. The van der Waals surface area contributed by atoms with Crippen LogP contribution >= 0.6 is 0 Å². The standard InChI is InChI=1S/C5H4NOSe/c7-6-4-2-1-3-5(6)8/h1-4H. The summed E-state index contributed by atoms with van der Waals surface area (Å²) in [6.07, 6.45) is 1.45. The molecule has 1 rings (SSSR count). The van der Waals surface area contributed by atoms with Crippen LogP contribution in [0.15, 0.2) is 24.4 Å². The van der Waals surface area contributed by atoms with Crippen molar-refractivity contribution >= 4 is 20.6 Å². The van der Waals surface area contributed by atoms with Gasteiger partial charge in [-0.15, -0.1) is 0 Å². The van der Waals surface area contributed by atoms with Crippen molar-refractivity contribution in [3.05, 3.63) is 29.6 Å². The zero-order valence-electron chi connectivity index (χ0n) is 4.07. The fourth-order valence-electron chi connectivity index (χ4n) is 0.413. The molecule has 41 valence electrons. The first-order valence-electron chi connectivity index (χ1n) is 2.16. The van der Waals surface area contributed by atoms with Crippen LogP contribution in [0.5, 0.6) is 0 Å². The molecular formula is C5H4NOSe. The van der Waals surface area contributed by atoms with E-state index in [-0.39, 0.29) is 0 Å². The van der Waals surface area contributed by atoms with Gasteiger partial charge >= 0.3 is 54.9 Å². The Hall–Kier alpha value is -0.531. The summed E-state index contributed by atoms with van der Waals surface area (Å²) < 4.78 is 1.38. The molecule has 0 amide bonds. The molecule has 0 bridgehead atoms. The van der Waals surface area contributed by atoms with Gasteiger partial charge in [-0.1, -0.05) is 0 Å². The van der Waals surface area contributed by atoms with E-state index in [1.165, 1.54) is 6.20 Å². The predicted octanol–water partition coefficient (Wildman–Crippen LogP) is -0.886. The summed E-state index contributed by atoms with van der Waals surface area (Å²) in [5, 5.41) is 10.5. The van der Waals surface area contributed by atoms with Crippen LogP contribution in [0.2, 0.25) is 0 Å². The van der Waals surface area contributed by atoms with Crippen molar-refractivity contribution in [1.82, 2.24) is 0 Å². The number of hydrogen-bond acceptors (Lipinski definition) is 1. The third-order valence-corrected chi connectivity index (χ3v) is 1.45. The molecule has 1 aromatic heterocycles. The maximum absolute atomic E-state index is 10.5. The Morgan fingerprint density at radius 3 is 2.62 bits per heavy atom. The van der Waals surface area contributed by atoms with E-state index < -0.39 is 0 Å². The normalized spacial score (nSPS) is 9.00. The van der Waals surface area contributed by atoms with E-state index in [0.29, 0.717) is 4.59 Å². The van der Waals surface area contributed by atoms with Crippen molar-refractivity contribution in [1.29, 1.82) is 0 Å². The molecule has 0 aliphatic carbocycles. The summed E-state index contributed by atoms with van der Waals surface area (Å²) in [5.41, 5.74) is 0. The maximum atomic E-state index is 10.5. The van der Waals surface area contributed by atoms with Crippen molar-refractivity contribution in [3.8, 4) is 0 Å². The van der Waals surface area contributed by atoms with E-state index in [0.717, 1.165) is 4.73 Å². The Balaban J connectivity index is 3.13. The fourth-order valence-corrected chi connectivity index (χ4v) is 0.705. The first-order valence-corrected chi connectivity index (χ1v) is 3.01. The molecule has 2 nitrogen and oxygen atoms in total. The van der Waals surface area contributed by atoms with Gasteiger partial charge in [-0.3, -0.25) is 0 Å². The van der Waals surface area contributed by atoms with Gasteiger partial charge in [-0.05, 0) is 0 Å². The van der Waals surface area contributed by atoms with Gasteiger partial charge in [0.2, 0.25) is 0 Å². The Bertz CT molecular complexity index is 169. The average Bonchev–Trinajstić information content (AvgIpc) is 1.77. The summed E-state index contributed by atoms with van der Waals surface area (Å²) in [6, 6.07) is 5.21. The summed E-state index contributed by atoms with van der Waals surface area (Å²) in [7, 11) is 0. The second kappa shape index (κ2) is 2.16. The van der Waals surface area contributed by atoms with E-state index >= 15 is 0 Å². The number of rotatable bonds is 0. The number of nitrogens with zero attached hydrogens (tertiary/aromatic N) is 1. The molecule has 0 fully saturated rings. The van der Waals surface area contributed by atoms with Crippen LogP contribution in [-0.2, 0) is 0 Å². The molecule has 1 radical (unpaired) electrons. The van der Waals surface area contributed by atoms with E-state index in [1.807, 2.05) is 0 Å². The molecule has 8 heavy (non-hydrogen) atoms. The van der Waals surface area contributed by atoms with Gasteiger partial charge in [0.25, 0.3) is 0 Å². The molecule has 0 aliphatic heterocycles. The number of hydrogen-bond donors (Lipinski definition) is 0. The molecule has 0 N–H and O–H groups in total. The molecule has 0 aromatic carbocycles. The molecule has 1 aromatic rings. The molecule has 3 heteroatoms. The summed E-state index contributed by atoms with van der Waals surface area (Å²) in [5.74, 6) is 0. The van der Waals surface area contributed by atoms with Gasteiger partial charge in [0.05, 0.1) is 0 Å². The van der Waals surface area contributed by atoms with E-state index in [2.05, 4.69) is 16.0 Å². The first-order chi connectivity index (χ1) is 3.80. The van der Waals surface area contributed by atoms with Crippen LogP contribution < -0.4 is 9.32 Å². The molecule has 1 heterocycles. The van der Waals surface area contributed by atoms with Gasteiger partial charge in [0.1, 0.15) is 0 Å². The van der Waals surface area contributed by atoms with Crippen molar-refractivity contribution in [3.63, 3.8) is 0 Å². The first kappa shape index (κ1) is 5.60. The summed E-state index contributed by atoms with van der Waals surface area (Å²) in [4.78, 5) is 0. The van der Waals surface area contributed by atoms with Crippen LogP contribution in [0.4, 0.5) is 0 Å². The average molecular weight is 173 g/mol. The van der Waals surface area contributed by atoms with Crippen LogP contribution in [0.25, 0.3) is 0 Å². The fraction of sp³-hybridized carbons (Fsp3) is 0. The molecular weight excluding hydrogens is 169 g/mol. The molecule has 0 unspecified atom stereocenters. The third-order valence-electron chi connectivity index (χ3n) is 0.789. The van der Waals surface area contributed by atoms with Crippen LogP contribution in [-0.4, -0.2) is 16.0 Å². The van der Waals surface area contributed by atoms with Gasteiger partial charge < -0.3 is 0 Å². The Morgan fingerprint density at radius 1 is 1.50 bits per heavy atom. The van der Waals surface area contributed by atoms with E-state index in [4.69, 9.17) is 0 Å². The zero-order chi connectivity index (χ0) is 5.98. The number of aromatic nitrogens is 1. The van der Waals surface area contributed by atoms with E-state index in [1.54, 1.807) is 18.2 Å². The molecule has 0 aliphatic rings. The monoisotopic (exact) mass is 174 g/mol. The van der Waals surface area contributed by atoms with Crippen molar-refractivity contribution in [2.75, 3.05) is 0 Å². The molecule has 0 spiro atoms. The zero-order valence-corrected chi connectivity index (χ0v) is 5.79. The third kappa shape index (κ3) is 0.997. The van der Waals surface area contributed by atoms with Gasteiger partial charge in [0.15, 0.2) is 0 Å². The second-order valence-electron chi connectivity index (χ2n) is 1.36. The molecule has 0 saturated carbocycles. The van der Waals surface area contributed by atoms with Gasteiger partial charge in [0, 0.05) is 0 Å². The summed E-state index contributed by atoms with van der Waals surface area (Å²) in [6.45, 7) is 0. The quantitative estimate of drug-likeness (QED) is 0.284. The van der Waals surface area contributed by atoms with Gasteiger partial charge in [-0.2, -0.15) is 0 Å².